The average Bonchev–Trinajstić information content (AvgIpc) is 2.88. The molecule has 1 aliphatic rings. The van der Waals surface area contributed by atoms with Gasteiger partial charge in [-0.1, -0.05) is 12.1 Å². The maximum Gasteiger partial charge on any atom is 0.251 e. The van der Waals surface area contributed by atoms with Crippen LogP contribution in [0.3, 0.4) is 0 Å². The van der Waals surface area contributed by atoms with Crippen molar-refractivity contribution in [2.24, 2.45) is 0 Å². The normalized spacial score (nSPS) is 14.2. The van der Waals surface area contributed by atoms with Gasteiger partial charge in [0.2, 0.25) is 0 Å². The minimum Gasteiger partial charge on any atom is -0.497 e. The fraction of sp³-hybridized carbons (Fsp3) is 0.235. The van der Waals surface area contributed by atoms with Gasteiger partial charge in [0.15, 0.2) is 0 Å². The fourth-order valence-electron chi connectivity index (χ4n) is 2.62. The Morgan fingerprint density at radius 1 is 1.27 bits per heavy atom. The SMILES string of the molecule is COc1ccc(C(C)Nc2ccc3c(c2)C(=O)NC3)c(F)c1. The van der Waals surface area contributed by atoms with Gasteiger partial charge < -0.3 is 15.4 Å². The second-order valence-corrected chi connectivity index (χ2v) is 5.31. The number of hydrogen-bond donors (Lipinski definition) is 2. The van der Waals surface area contributed by atoms with Crippen molar-refractivity contribution in [1.82, 2.24) is 5.32 Å². The summed E-state index contributed by atoms with van der Waals surface area (Å²) in [6, 6.07) is 10.2. The number of carbonyl (C=O) groups excluding carboxylic acids is 1. The van der Waals surface area contributed by atoms with E-state index in [1.165, 1.54) is 13.2 Å². The van der Waals surface area contributed by atoms with E-state index in [0.29, 0.717) is 23.4 Å². The summed E-state index contributed by atoms with van der Waals surface area (Å²) >= 11 is 0. The Labute approximate surface area is 128 Å². The summed E-state index contributed by atoms with van der Waals surface area (Å²) in [7, 11) is 1.51. The molecule has 1 amide bonds. The number of halogens is 1. The van der Waals surface area contributed by atoms with E-state index in [2.05, 4.69) is 10.6 Å². The van der Waals surface area contributed by atoms with Crippen LogP contribution in [0.25, 0.3) is 0 Å². The van der Waals surface area contributed by atoms with Crippen LogP contribution < -0.4 is 15.4 Å². The highest BCUT2D eigenvalue weighted by Gasteiger charge is 2.19. The van der Waals surface area contributed by atoms with Crippen LogP contribution in [0.15, 0.2) is 36.4 Å². The number of ether oxygens (including phenoxy) is 1. The summed E-state index contributed by atoms with van der Waals surface area (Å²) in [4.78, 5) is 11.7. The molecule has 1 aliphatic heterocycles. The molecule has 1 heterocycles. The van der Waals surface area contributed by atoms with E-state index < -0.39 is 0 Å². The first-order valence-electron chi connectivity index (χ1n) is 7.09. The van der Waals surface area contributed by atoms with Crippen LogP contribution >= 0.6 is 0 Å². The van der Waals surface area contributed by atoms with Crippen LogP contribution in [0.1, 0.15) is 34.5 Å². The molecule has 2 N–H and O–H groups in total. The number of benzene rings is 2. The molecular weight excluding hydrogens is 283 g/mol. The van der Waals surface area contributed by atoms with E-state index in [9.17, 15) is 9.18 Å². The van der Waals surface area contributed by atoms with Crippen molar-refractivity contribution >= 4 is 11.6 Å². The van der Waals surface area contributed by atoms with E-state index in [4.69, 9.17) is 4.74 Å². The van der Waals surface area contributed by atoms with Crippen LogP contribution in [-0.4, -0.2) is 13.0 Å². The zero-order valence-corrected chi connectivity index (χ0v) is 12.4. The minimum absolute atomic E-state index is 0.0677. The summed E-state index contributed by atoms with van der Waals surface area (Å²) in [5.41, 5.74) is 3.00. The number of rotatable bonds is 4. The number of fused-ring (bicyclic) bond motifs is 1. The molecule has 22 heavy (non-hydrogen) atoms. The van der Waals surface area contributed by atoms with Crippen molar-refractivity contribution in [3.63, 3.8) is 0 Å². The lowest BCUT2D eigenvalue weighted by molar-refractivity contribution is 0.0966. The zero-order valence-electron chi connectivity index (χ0n) is 12.4. The summed E-state index contributed by atoms with van der Waals surface area (Å²) in [6.07, 6.45) is 0. The molecule has 2 aromatic carbocycles. The Morgan fingerprint density at radius 2 is 2.09 bits per heavy atom. The molecule has 0 radical (unpaired) electrons. The van der Waals surface area contributed by atoms with Crippen LogP contribution in [0.2, 0.25) is 0 Å². The molecular formula is C17H17FN2O2. The van der Waals surface area contributed by atoms with Gasteiger partial charge >= 0.3 is 0 Å². The molecule has 114 valence electrons. The molecule has 0 fully saturated rings. The second kappa shape index (κ2) is 5.67. The van der Waals surface area contributed by atoms with Crippen LogP contribution in [0, 0.1) is 5.82 Å². The number of amides is 1. The number of anilines is 1. The van der Waals surface area contributed by atoms with Crippen LogP contribution in [-0.2, 0) is 6.54 Å². The van der Waals surface area contributed by atoms with Crippen molar-refractivity contribution in [3.05, 3.63) is 58.9 Å². The smallest absolute Gasteiger partial charge is 0.251 e. The van der Waals surface area contributed by atoms with E-state index in [-0.39, 0.29) is 17.8 Å². The molecule has 1 atom stereocenters. The monoisotopic (exact) mass is 300 g/mol. The van der Waals surface area contributed by atoms with Gasteiger partial charge in [0.05, 0.1) is 13.2 Å². The van der Waals surface area contributed by atoms with Gasteiger partial charge in [-0.15, -0.1) is 0 Å². The molecule has 3 rings (SSSR count). The summed E-state index contributed by atoms with van der Waals surface area (Å²) in [5.74, 6) is 0.0998. The molecule has 0 saturated carbocycles. The van der Waals surface area contributed by atoms with Gasteiger partial charge in [-0.2, -0.15) is 0 Å². The number of carbonyl (C=O) groups is 1. The number of hydrogen-bond acceptors (Lipinski definition) is 3. The molecule has 2 aromatic rings. The van der Waals surface area contributed by atoms with Gasteiger partial charge in [-0.05, 0) is 30.7 Å². The van der Waals surface area contributed by atoms with Crippen molar-refractivity contribution in [2.45, 2.75) is 19.5 Å². The molecule has 4 nitrogen and oxygen atoms in total. The van der Waals surface area contributed by atoms with Gasteiger partial charge in [0.25, 0.3) is 5.91 Å². The minimum atomic E-state index is -0.321. The Kier molecular flexibility index (Phi) is 3.71. The standard InChI is InChI=1S/C17H17FN2O2/c1-10(14-6-5-13(22-2)8-16(14)18)20-12-4-3-11-9-19-17(21)15(11)7-12/h3-8,10,20H,9H2,1-2H3,(H,19,21). The summed E-state index contributed by atoms with van der Waals surface area (Å²) < 4.78 is 19.1. The third kappa shape index (κ3) is 2.62. The maximum atomic E-state index is 14.1. The predicted octanol–water partition coefficient (Wildman–Crippen LogP) is 3.25. The summed E-state index contributed by atoms with van der Waals surface area (Å²) in [6.45, 7) is 2.44. The lowest BCUT2D eigenvalue weighted by Crippen LogP contribution is -2.13. The Balaban J connectivity index is 1.81. The predicted molar refractivity (Wildman–Crippen MR) is 82.6 cm³/mol. The number of methoxy groups -OCH3 is 1. The summed E-state index contributed by atoms with van der Waals surface area (Å²) in [5, 5.41) is 6.00. The van der Waals surface area contributed by atoms with Gasteiger partial charge in [-0.3, -0.25) is 4.79 Å². The van der Waals surface area contributed by atoms with Crippen LogP contribution in [0.5, 0.6) is 5.75 Å². The van der Waals surface area contributed by atoms with Gasteiger partial charge in [0.1, 0.15) is 11.6 Å². The Hall–Kier alpha value is -2.56. The van der Waals surface area contributed by atoms with Crippen molar-refractivity contribution < 1.29 is 13.9 Å². The van der Waals surface area contributed by atoms with E-state index in [1.54, 1.807) is 18.2 Å². The third-order valence-corrected chi connectivity index (χ3v) is 3.85. The quantitative estimate of drug-likeness (QED) is 0.911. The first-order valence-corrected chi connectivity index (χ1v) is 7.09. The Bertz CT molecular complexity index is 731. The first kappa shape index (κ1) is 14.4. The zero-order chi connectivity index (χ0) is 15.7. The molecule has 0 saturated heterocycles. The lowest BCUT2D eigenvalue weighted by atomic mass is 10.1. The number of nitrogens with one attached hydrogen (secondary N) is 2. The van der Waals surface area contributed by atoms with Crippen molar-refractivity contribution in [2.75, 3.05) is 12.4 Å². The molecule has 0 aromatic heterocycles. The lowest BCUT2D eigenvalue weighted by Gasteiger charge is -2.17. The highest BCUT2D eigenvalue weighted by atomic mass is 19.1. The average molecular weight is 300 g/mol. The Morgan fingerprint density at radius 3 is 2.82 bits per heavy atom. The van der Waals surface area contributed by atoms with Gasteiger partial charge in [-0.25, -0.2) is 4.39 Å². The van der Waals surface area contributed by atoms with E-state index in [1.807, 2.05) is 19.1 Å². The topological polar surface area (TPSA) is 50.4 Å². The highest BCUT2D eigenvalue weighted by Crippen LogP contribution is 2.27. The molecule has 1 unspecified atom stereocenters. The third-order valence-electron chi connectivity index (χ3n) is 3.85. The molecule has 0 aliphatic carbocycles. The largest absolute Gasteiger partial charge is 0.497 e. The fourth-order valence-corrected chi connectivity index (χ4v) is 2.62. The second-order valence-electron chi connectivity index (χ2n) is 5.31. The molecule has 0 bridgehead atoms. The van der Waals surface area contributed by atoms with Crippen molar-refractivity contribution in [3.8, 4) is 5.75 Å². The van der Waals surface area contributed by atoms with Gasteiger partial charge in [0, 0.05) is 29.4 Å². The maximum absolute atomic E-state index is 14.1. The van der Waals surface area contributed by atoms with E-state index >= 15 is 0 Å². The van der Waals surface area contributed by atoms with E-state index in [0.717, 1.165) is 11.3 Å². The molecule has 5 heteroatoms. The van der Waals surface area contributed by atoms with Crippen molar-refractivity contribution in [1.29, 1.82) is 0 Å². The first-order chi connectivity index (χ1) is 10.6. The highest BCUT2D eigenvalue weighted by molar-refractivity contribution is 5.99. The molecule has 0 spiro atoms. The van der Waals surface area contributed by atoms with Crippen LogP contribution in [0.4, 0.5) is 10.1 Å².